The molecule has 13 heteroatoms. The maximum absolute atomic E-state index is 14.1. The number of primary amides is 1. The Morgan fingerprint density at radius 2 is 1.79 bits per heavy atom. The highest BCUT2D eigenvalue weighted by Crippen LogP contribution is 2.56. The summed E-state index contributed by atoms with van der Waals surface area (Å²) < 4.78 is 5.12. The first-order valence-corrected chi connectivity index (χ1v) is 13.7. The SMILES string of the molecule is CCOC(=O)C(Nc1ccc2c(c1O)C(O)=C1C(=O)[C@@]3(O)C(O)=C(C(N)=O)C(=O)[C@@H](N(C)C)[C@H]3[C@H](O)[C@H]1[C@@H]2C)C(C)C. The van der Waals surface area contributed by atoms with Gasteiger partial charge in [0, 0.05) is 11.5 Å². The summed E-state index contributed by atoms with van der Waals surface area (Å²) in [6.07, 6.45) is -1.69. The highest BCUT2D eigenvalue weighted by atomic mass is 16.5. The predicted octanol–water partition coefficient (Wildman–Crippen LogP) is 0.495. The highest BCUT2D eigenvalue weighted by molar-refractivity contribution is 6.24. The quantitative estimate of drug-likeness (QED) is 0.132. The van der Waals surface area contributed by atoms with Crippen LogP contribution in [0.2, 0.25) is 0 Å². The fourth-order valence-electron chi connectivity index (χ4n) is 6.63. The zero-order valence-corrected chi connectivity index (χ0v) is 24.2. The second-order valence-corrected chi connectivity index (χ2v) is 11.6. The predicted molar refractivity (Wildman–Crippen MR) is 149 cm³/mol. The van der Waals surface area contributed by atoms with E-state index in [1.54, 1.807) is 33.8 Å². The fraction of sp³-hybridized carbons (Fsp3) is 0.517. The van der Waals surface area contributed by atoms with Crippen molar-refractivity contribution >= 4 is 34.9 Å². The van der Waals surface area contributed by atoms with Crippen molar-refractivity contribution in [3.63, 3.8) is 0 Å². The normalized spacial score (nSPS) is 29.7. The number of aliphatic hydroxyl groups is 4. The maximum Gasteiger partial charge on any atom is 0.328 e. The first-order valence-electron chi connectivity index (χ1n) is 13.7. The Morgan fingerprint density at radius 1 is 1.17 bits per heavy atom. The molecule has 42 heavy (non-hydrogen) atoms. The molecule has 8 N–H and O–H groups in total. The van der Waals surface area contributed by atoms with Gasteiger partial charge in [0.2, 0.25) is 5.78 Å². The van der Waals surface area contributed by atoms with Crippen LogP contribution in [0.4, 0.5) is 5.69 Å². The Bertz CT molecular complexity index is 1430. The number of esters is 1. The van der Waals surface area contributed by atoms with Crippen LogP contribution in [0, 0.1) is 17.8 Å². The van der Waals surface area contributed by atoms with Crippen LogP contribution in [0.25, 0.3) is 5.76 Å². The van der Waals surface area contributed by atoms with Crippen LogP contribution in [0.15, 0.2) is 29.0 Å². The van der Waals surface area contributed by atoms with Crippen molar-refractivity contribution in [1.29, 1.82) is 0 Å². The molecule has 0 spiro atoms. The van der Waals surface area contributed by atoms with Crippen LogP contribution in [-0.2, 0) is 23.9 Å². The van der Waals surface area contributed by atoms with Crippen LogP contribution in [-0.4, -0.2) is 98.4 Å². The molecule has 0 aliphatic heterocycles. The molecule has 3 aliphatic carbocycles. The number of benzene rings is 1. The number of rotatable bonds is 7. The van der Waals surface area contributed by atoms with Gasteiger partial charge < -0.3 is 41.3 Å². The van der Waals surface area contributed by atoms with E-state index in [0.29, 0.717) is 5.56 Å². The number of Topliss-reactive ketones (excluding diaryl/α,β-unsaturated/α-hetero) is 2. The number of amides is 1. The van der Waals surface area contributed by atoms with Gasteiger partial charge in [-0.1, -0.05) is 26.8 Å². The molecule has 1 fully saturated rings. The molecule has 1 aromatic carbocycles. The fourth-order valence-corrected chi connectivity index (χ4v) is 6.63. The molecule has 1 saturated carbocycles. The van der Waals surface area contributed by atoms with E-state index in [0.717, 1.165) is 0 Å². The molecular formula is C29H37N3O10. The first-order chi connectivity index (χ1) is 19.5. The van der Waals surface area contributed by atoms with Gasteiger partial charge in [-0.25, -0.2) is 4.79 Å². The summed E-state index contributed by atoms with van der Waals surface area (Å²) in [5.74, 6) is -10.6. The van der Waals surface area contributed by atoms with Gasteiger partial charge in [0.05, 0.1) is 35.9 Å². The average molecular weight is 588 g/mol. The van der Waals surface area contributed by atoms with Gasteiger partial charge in [-0.05, 0) is 44.5 Å². The van der Waals surface area contributed by atoms with E-state index < -0.39 is 93.4 Å². The number of carbonyl (C=O) groups excluding carboxylic acids is 4. The smallest absolute Gasteiger partial charge is 0.328 e. The molecule has 228 valence electrons. The Morgan fingerprint density at radius 3 is 2.31 bits per heavy atom. The highest BCUT2D eigenvalue weighted by Gasteiger charge is 2.68. The standard InChI is InChI=1S/C29H37N3O10/c1-7-42-28(40)19(10(2)3)31-13-9-8-12-11(4)14-16(22(34)15(12)21(13)33)25(37)29(41)18(23(14)35)20(32(5)6)24(36)17(26(29)38)27(30)39/h8-11,14,18-20,23,31,33-35,38,41H,7H2,1-6H3,(H2,30,39)/t11-,14+,18+,19?,20+,23-,29-/m1/s1. The van der Waals surface area contributed by atoms with E-state index >= 15 is 0 Å². The maximum atomic E-state index is 14.1. The Hall–Kier alpha value is -3.94. The Labute approximate surface area is 242 Å². The van der Waals surface area contributed by atoms with Crippen LogP contribution >= 0.6 is 0 Å². The van der Waals surface area contributed by atoms with E-state index in [1.807, 2.05) is 0 Å². The number of ketones is 2. The summed E-state index contributed by atoms with van der Waals surface area (Å²) in [6, 6.07) is 0.758. The molecule has 0 bridgehead atoms. The van der Waals surface area contributed by atoms with Gasteiger partial charge in [-0.3, -0.25) is 19.3 Å². The molecule has 0 radical (unpaired) electrons. The molecule has 13 nitrogen and oxygen atoms in total. The van der Waals surface area contributed by atoms with E-state index in [1.165, 1.54) is 25.1 Å². The number of nitrogens with two attached hydrogens (primary N) is 1. The van der Waals surface area contributed by atoms with Crippen molar-refractivity contribution in [3.05, 3.63) is 40.2 Å². The van der Waals surface area contributed by atoms with Crippen molar-refractivity contribution in [3.8, 4) is 5.75 Å². The Kier molecular flexibility index (Phi) is 7.91. The Balaban J connectivity index is 1.93. The lowest BCUT2D eigenvalue weighted by atomic mass is 9.54. The minimum atomic E-state index is -3.00. The summed E-state index contributed by atoms with van der Waals surface area (Å²) >= 11 is 0. The topological polar surface area (TPSA) is 220 Å². The number of aliphatic hydroxyl groups excluding tert-OH is 3. The molecule has 1 aromatic rings. The third-order valence-corrected chi connectivity index (χ3v) is 8.65. The van der Waals surface area contributed by atoms with Gasteiger partial charge in [0.25, 0.3) is 5.91 Å². The van der Waals surface area contributed by atoms with Crippen molar-refractivity contribution < 1.29 is 49.4 Å². The minimum Gasteiger partial charge on any atom is -0.508 e. The third-order valence-electron chi connectivity index (χ3n) is 8.65. The van der Waals surface area contributed by atoms with Crippen LogP contribution in [0.3, 0.4) is 0 Å². The van der Waals surface area contributed by atoms with E-state index in [4.69, 9.17) is 10.5 Å². The van der Waals surface area contributed by atoms with Gasteiger partial charge in [0.1, 0.15) is 28.9 Å². The molecular weight excluding hydrogens is 550 g/mol. The van der Waals surface area contributed by atoms with Crippen LogP contribution in [0.1, 0.15) is 44.7 Å². The molecule has 0 saturated heterocycles. The van der Waals surface area contributed by atoms with E-state index in [-0.39, 0.29) is 23.8 Å². The van der Waals surface area contributed by atoms with E-state index in [2.05, 4.69) is 5.32 Å². The van der Waals surface area contributed by atoms with E-state index in [9.17, 15) is 44.7 Å². The van der Waals surface area contributed by atoms with Crippen molar-refractivity contribution in [2.24, 2.45) is 23.5 Å². The van der Waals surface area contributed by atoms with Crippen molar-refractivity contribution in [2.45, 2.75) is 57.4 Å². The number of phenols is 1. The number of ether oxygens (including phenoxy) is 1. The van der Waals surface area contributed by atoms with Gasteiger partial charge in [0.15, 0.2) is 11.4 Å². The number of carbonyl (C=O) groups is 4. The number of phenolic OH excluding ortho intramolecular Hbond substituents is 1. The zero-order valence-electron chi connectivity index (χ0n) is 24.2. The molecule has 3 aliphatic rings. The van der Waals surface area contributed by atoms with Gasteiger partial charge in [-0.15, -0.1) is 0 Å². The number of hydrogen-bond donors (Lipinski definition) is 7. The lowest BCUT2D eigenvalue weighted by molar-refractivity contribution is -0.169. The molecule has 7 atom stereocenters. The summed E-state index contributed by atoms with van der Waals surface area (Å²) in [5.41, 5.74) is 1.08. The second kappa shape index (κ2) is 10.7. The molecule has 1 amide bonds. The largest absolute Gasteiger partial charge is 0.508 e. The van der Waals surface area contributed by atoms with Crippen LogP contribution in [0.5, 0.6) is 5.75 Å². The summed E-state index contributed by atoms with van der Waals surface area (Å²) in [6.45, 7) is 6.97. The number of hydrogen-bond acceptors (Lipinski definition) is 12. The molecule has 1 unspecified atom stereocenters. The van der Waals surface area contributed by atoms with Gasteiger partial charge in [-0.2, -0.15) is 0 Å². The molecule has 0 heterocycles. The summed E-state index contributed by atoms with van der Waals surface area (Å²) in [7, 11) is 2.88. The average Bonchev–Trinajstić information content (AvgIpc) is 2.89. The minimum absolute atomic E-state index is 0.0494. The van der Waals surface area contributed by atoms with Crippen molar-refractivity contribution in [1.82, 2.24) is 4.90 Å². The first kappa shape index (κ1) is 31.0. The monoisotopic (exact) mass is 587 g/mol. The number of fused-ring (bicyclic) bond motifs is 3. The third kappa shape index (κ3) is 4.26. The van der Waals surface area contributed by atoms with Gasteiger partial charge >= 0.3 is 5.97 Å². The number of nitrogens with one attached hydrogen (secondary N) is 1. The summed E-state index contributed by atoms with van der Waals surface area (Å²) in [5, 5.41) is 60.2. The number of likely N-dealkylation sites (N-methyl/N-ethyl adjacent to an activating group) is 1. The molecule has 0 aromatic heterocycles. The number of anilines is 1. The van der Waals surface area contributed by atoms with Crippen LogP contribution < -0.4 is 11.1 Å². The second-order valence-electron chi connectivity index (χ2n) is 11.6. The lowest BCUT2D eigenvalue weighted by Crippen LogP contribution is -2.70. The van der Waals surface area contributed by atoms with Crippen molar-refractivity contribution in [2.75, 3.05) is 26.0 Å². The lowest BCUT2D eigenvalue weighted by Gasteiger charge is -2.53. The zero-order chi connectivity index (χ0) is 31.6. The number of aromatic hydroxyl groups is 1. The number of nitrogens with zero attached hydrogens (tertiary/aromatic N) is 1. The molecule has 4 rings (SSSR count). The summed E-state index contributed by atoms with van der Waals surface area (Å²) in [4.78, 5) is 53.3.